The molecule has 2 N–H and O–H groups in total. The predicted octanol–water partition coefficient (Wildman–Crippen LogP) is 0.546. The van der Waals surface area contributed by atoms with Crippen LogP contribution >= 0.6 is 11.8 Å². The zero-order valence-electron chi connectivity index (χ0n) is 9.61. The van der Waals surface area contributed by atoms with Gasteiger partial charge in [0, 0.05) is 6.04 Å². The highest BCUT2D eigenvalue weighted by atomic mass is 32.2. The van der Waals surface area contributed by atoms with Gasteiger partial charge in [-0.1, -0.05) is 0 Å². The van der Waals surface area contributed by atoms with Gasteiger partial charge in [0.1, 0.15) is 5.03 Å². The van der Waals surface area contributed by atoms with Crippen LogP contribution in [0.25, 0.3) is 0 Å². The molecule has 3 rings (SSSR count). The molecule has 19 heavy (non-hydrogen) atoms. The lowest BCUT2D eigenvalue weighted by Gasteiger charge is -2.02. The van der Waals surface area contributed by atoms with E-state index in [9.17, 15) is 9.59 Å². The summed E-state index contributed by atoms with van der Waals surface area (Å²) in [6, 6.07) is 0.208. The minimum atomic E-state index is -1.13. The quantitative estimate of drug-likeness (QED) is 0.839. The summed E-state index contributed by atoms with van der Waals surface area (Å²) < 4.78 is 1.59. The Hall–Kier alpha value is -2.16. The van der Waals surface area contributed by atoms with Crippen molar-refractivity contribution in [3.8, 4) is 0 Å². The second kappa shape index (κ2) is 4.50. The zero-order chi connectivity index (χ0) is 13.4. The van der Waals surface area contributed by atoms with Gasteiger partial charge in [-0.05, 0) is 24.6 Å². The van der Waals surface area contributed by atoms with Crippen LogP contribution in [0.3, 0.4) is 0 Å². The first-order chi connectivity index (χ1) is 9.15. The van der Waals surface area contributed by atoms with Crippen LogP contribution in [-0.2, 0) is 0 Å². The summed E-state index contributed by atoms with van der Waals surface area (Å²) in [6.07, 6.45) is 4.47. The van der Waals surface area contributed by atoms with Crippen LogP contribution in [0, 0.1) is 0 Å². The van der Waals surface area contributed by atoms with Gasteiger partial charge in [0.2, 0.25) is 0 Å². The van der Waals surface area contributed by atoms with Crippen LogP contribution in [0.5, 0.6) is 0 Å². The van der Waals surface area contributed by atoms with Crippen LogP contribution in [0.4, 0.5) is 0 Å². The van der Waals surface area contributed by atoms with Crippen molar-refractivity contribution in [2.24, 2.45) is 0 Å². The molecule has 98 valence electrons. The molecule has 0 aliphatic heterocycles. The highest BCUT2D eigenvalue weighted by Gasteiger charge is 2.28. The summed E-state index contributed by atoms with van der Waals surface area (Å²) in [5, 5.41) is 16.1. The number of H-pyrrole nitrogens is 1. The zero-order valence-corrected chi connectivity index (χ0v) is 10.4. The van der Waals surface area contributed by atoms with Gasteiger partial charge in [0.25, 0.3) is 0 Å². The van der Waals surface area contributed by atoms with Gasteiger partial charge in [-0.25, -0.2) is 24.7 Å². The van der Waals surface area contributed by atoms with Gasteiger partial charge >= 0.3 is 11.7 Å². The van der Waals surface area contributed by atoms with E-state index < -0.39 is 5.97 Å². The van der Waals surface area contributed by atoms with Crippen molar-refractivity contribution >= 4 is 17.7 Å². The van der Waals surface area contributed by atoms with Crippen molar-refractivity contribution in [1.82, 2.24) is 24.7 Å². The van der Waals surface area contributed by atoms with Crippen molar-refractivity contribution in [2.75, 3.05) is 0 Å². The number of nitrogens with zero attached hydrogens (tertiary/aromatic N) is 4. The van der Waals surface area contributed by atoms with Gasteiger partial charge in [-0.3, -0.25) is 4.57 Å². The van der Waals surface area contributed by atoms with E-state index in [0.29, 0.717) is 10.2 Å². The molecule has 0 unspecified atom stereocenters. The van der Waals surface area contributed by atoms with E-state index in [1.165, 1.54) is 24.2 Å². The van der Waals surface area contributed by atoms with E-state index >= 15 is 0 Å². The highest BCUT2D eigenvalue weighted by Crippen LogP contribution is 2.37. The Balaban J connectivity index is 1.85. The molecule has 9 heteroatoms. The molecule has 0 bridgehead atoms. The highest BCUT2D eigenvalue weighted by molar-refractivity contribution is 7.99. The van der Waals surface area contributed by atoms with Crippen molar-refractivity contribution < 1.29 is 9.90 Å². The van der Waals surface area contributed by atoms with Gasteiger partial charge < -0.3 is 5.11 Å². The molecule has 2 aromatic rings. The molecule has 1 saturated carbocycles. The van der Waals surface area contributed by atoms with E-state index in [0.717, 1.165) is 12.8 Å². The smallest absolute Gasteiger partial charge is 0.356 e. The van der Waals surface area contributed by atoms with Gasteiger partial charge in [0.15, 0.2) is 10.9 Å². The lowest BCUT2D eigenvalue weighted by molar-refractivity contribution is 0.0689. The summed E-state index contributed by atoms with van der Waals surface area (Å²) in [7, 11) is 0. The molecule has 0 atom stereocenters. The minimum Gasteiger partial charge on any atom is -0.476 e. The molecule has 1 aliphatic carbocycles. The number of rotatable bonds is 4. The molecular formula is C10H9N5O3S. The lowest BCUT2D eigenvalue weighted by Crippen LogP contribution is -2.16. The Morgan fingerprint density at radius 1 is 1.42 bits per heavy atom. The van der Waals surface area contributed by atoms with Crippen LogP contribution in [-0.4, -0.2) is 35.8 Å². The molecule has 0 saturated heterocycles. The number of hydrogen-bond acceptors (Lipinski definition) is 6. The van der Waals surface area contributed by atoms with Crippen LogP contribution in [0.1, 0.15) is 29.4 Å². The summed E-state index contributed by atoms with van der Waals surface area (Å²) in [5.74, 6) is -1.13. The molecule has 2 aromatic heterocycles. The Kier molecular flexibility index (Phi) is 2.82. The SMILES string of the molecule is O=C(O)c1cnc(Sc2n[nH]c(=O)n2C2CC2)cn1. The van der Waals surface area contributed by atoms with Gasteiger partial charge in [-0.2, -0.15) is 0 Å². The Morgan fingerprint density at radius 2 is 2.21 bits per heavy atom. The molecule has 2 heterocycles. The second-order valence-electron chi connectivity index (χ2n) is 4.06. The number of carboxylic acid groups (broad SMARTS) is 1. The van der Waals surface area contributed by atoms with E-state index in [-0.39, 0.29) is 17.4 Å². The van der Waals surface area contributed by atoms with E-state index in [1.807, 2.05) is 0 Å². The van der Waals surface area contributed by atoms with Crippen LogP contribution in [0.15, 0.2) is 27.4 Å². The van der Waals surface area contributed by atoms with Crippen LogP contribution in [0.2, 0.25) is 0 Å². The maximum atomic E-state index is 11.6. The van der Waals surface area contributed by atoms with Crippen molar-refractivity contribution in [3.05, 3.63) is 28.6 Å². The van der Waals surface area contributed by atoms with Crippen molar-refractivity contribution in [2.45, 2.75) is 29.1 Å². The lowest BCUT2D eigenvalue weighted by atomic mass is 10.5. The summed E-state index contributed by atoms with van der Waals surface area (Å²) in [4.78, 5) is 30.0. The number of aromatic amines is 1. The average molecular weight is 279 g/mol. The fraction of sp³-hybridized carbons (Fsp3) is 0.300. The third-order valence-electron chi connectivity index (χ3n) is 2.63. The monoisotopic (exact) mass is 279 g/mol. The first-order valence-corrected chi connectivity index (χ1v) is 6.37. The third-order valence-corrected chi connectivity index (χ3v) is 3.52. The van der Waals surface area contributed by atoms with Crippen molar-refractivity contribution in [3.63, 3.8) is 0 Å². The molecule has 0 amide bonds. The maximum Gasteiger partial charge on any atom is 0.356 e. The number of aromatic nitrogens is 5. The number of aromatic carboxylic acids is 1. The second-order valence-corrected chi connectivity index (χ2v) is 5.05. The van der Waals surface area contributed by atoms with Crippen LogP contribution < -0.4 is 5.69 Å². The van der Waals surface area contributed by atoms with E-state index in [1.54, 1.807) is 4.57 Å². The first kappa shape index (κ1) is 11.9. The van der Waals surface area contributed by atoms with Gasteiger partial charge in [0.05, 0.1) is 12.4 Å². The normalized spacial score (nSPS) is 14.5. The summed E-state index contributed by atoms with van der Waals surface area (Å²) >= 11 is 1.18. The molecule has 1 fully saturated rings. The Morgan fingerprint density at radius 3 is 2.79 bits per heavy atom. The number of hydrogen-bond donors (Lipinski definition) is 2. The number of carbonyl (C=O) groups is 1. The van der Waals surface area contributed by atoms with Gasteiger partial charge in [-0.15, -0.1) is 5.10 Å². The fourth-order valence-corrected chi connectivity index (χ4v) is 2.41. The average Bonchev–Trinajstić information content (AvgIpc) is 3.16. The van der Waals surface area contributed by atoms with E-state index in [4.69, 9.17) is 5.11 Å². The largest absolute Gasteiger partial charge is 0.476 e. The third kappa shape index (κ3) is 2.36. The maximum absolute atomic E-state index is 11.6. The first-order valence-electron chi connectivity index (χ1n) is 5.55. The van der Waals surface area contributed by atoms with E-state index in [2.05, 4.69) is 20.2 Å². The summed E-state index contributed by atoms with van der Waals surface area (Å²) in [5.41, 5.74) is -0.355. The molecule has 8 nitrogen and oxygen atoms in total. The predicted molar refractivity (Wildman–Crippen MR) is 64.2 cm³/mol. The standard InChI is InChI=1S/C10H9N5O3S/c16-8(17)6-3-12-7(4-11-6)19-10-14-13-9(18)15(10)5-1-2-5/h3-5H,1-2H2,(H,13,18)(H,16,17). The molecular weight excluding hydrogens is 270 g/mol. The molecule has 0 radical (unpaired) electrons. The number of carboxylic acids is 1. The topological polar surface area (TPSA) is 114 Å². The summed E-state index contributed by atoms with van der Waals surface area (Å²) in [6.45, 7) is 0. The molecule has 0 spiro atoms. The minimum absolute atomic E-state index is 0.119. The Bertz CT molecular complexity index is 673. The molecule has 0 aromatic carbocycles. The number of nitrogens with one attached hydrogen (secondary N) is 1. The fourth-order valence-electron chi connectivity index (χ4n) is 1.59. The Labute approximate surface area is 110 Å². The molecule has 1 aliphatic rings. The van der Waals surface area contributed by atoms with Crippen molar-refractivity contribution in [1.29, 1.82) is 0 Å².